The van der Waals surface area contributed by atoms with Crippen LogP contribution in [0.1, 0.15) is 31.9 Å². The molecule has 0 radical (unpaired) electrons. The second-order valence-electron chi connectivity index (χ2n) is 6.74. The smallest absolute Gasteiger partial charge is 0.128 e. The third-order valence-corrected chi connectivity index (χ3v) is 3.87. The zero-order chi connectivity index (χ0) is 18.1. The second kappa shape index (κ2) is 9.59. The third kappa shape index (κ3) is 6.52. The average molecular weight is 360 g/mol. The molecule has 2 aromatic carbocycles. The van der Waals surface area contributed by atoms with E-state index in [1.807, 2.05) is 42.6 Å². The Morgan fingerprint density at radius 1 is 0.960 bits per heavy atom. The molecule has 134 valence electrons. The largest absolute Gasteiger partial charge is 0.491 e. The van der Waals surface area contributed by atoms with Crippen LogP contribution in [0.4, 0.5) is 5.69 Å². The van der Waals surface area contributed by atoms with Crippen LogP contribution in [0.3, 0.4) is 0 Å². The number of nitrogens with zero attached hydrogens (tertiary/aromatic N) is 1. The van der Waals surface area contributed by atoms with Crippen molar-refractivity contribution in [2.75, 3.05) is 25.7 Å². The minimum Gasteiger partial charge on any atom is -0.491 e. The van der Waals surface area contributed by atoms with E-state index < -0.39 is 0 Å². The Morgan fingerprint density at radius 3 is 2.36 bits per heavy atom. The minimum atomic E-state index is 0.147. The highest BCUT2D eigenvalue weighted by atomic mass is 35.5. The van der Waals surface area contributed by atoms with Crippen molar-refractivity contribution in [3.05, 3.63) is 59.7 Å². The van der Waals surface area contributed by atoms with Crippen molar-refractivity contribution in [2.24, 2.45) is 4.99 Å². The fourth-order valence-electron chi connectivity index (χ4n) is 2.28. The van der Waals surface area contributed by atoms with Gasteiger partial charge in [0.05, 0.1) is 18.9 Å². The molecule has 0 atom stereocenters. The Morgan fingerprint density at radius 2 is 1.68 bits per heavy atom. The van der Waals surface area contributed by atoms with Gasteiger partial charge in [0.2, 0.25) is 0 Å². The number of aliphatic imine (C=N–C) groups is 1. The van der Waals surface area contributed by atoms with Crippen molar-refractivity contribution in [2.45, 2.75) is 26.2 Å². The van der Waals surface area contributed by atoms with Gasteiger partial charge in [0.25, 0.3) is 0 Å². The van der Waals surface area contributed by atoms with E-state index in [2.05, 4.69) is 37.9 Å². The highest BCUT2D eigenvalue weighted by Crippen LogP contribution is 2.24. The molecule has 3 nitrogen and oxygen atoms in total. The Balaban J connectivity index is 2.00. The van der Waals surface area contributed by atoms with Crippen molar-refractivity contribution in [3.63, 3.8) is 0 Å². The van der Waals surface area contributed by atoms with Crippen molar-refractivity contribution in [1.82, 2.24) is 0 Å². The van der Waals surface area contributed by atoms with E-state index >= 15 is 0 Å². The number of rotatable bonds is 8. The van der Waals surface area contributed by atoms with Crippen LogP contribution in [0.5, 0.6) is 5.75 Å². The minimum absolute atomic E-state index is 0.147. The summed E-state index contributed by atoms with van der Waals surface area (Å²) < 4.78 is 11.1. The van der Waals surface area contributed by atoms with Crippen LogP contribution in [0.25, 0.3) is 0 Å². The zero-order valence-electron chi connectivity index (χ0n) is 15.2. The Hall–Kier alpha value is -1.84. The van der Waals surface area contributed by atoms with E-state index in [-0.39, 0.29) is 5.41 Å². The molecule has 0 aliphatic carbocycles. The van der Waals surface area contributed by atoms with Crippen LogP contribution in [-0.4, -0.2) is 31.9 Å². The first-order valence-electron chi connectivity index (χ1n) is 8.51. The van der Waals surface area contributed by atoms with Gasteiger partial charge in [-0.1, -0.05) is 45.0 Å². The lowest BCUT2D eigenvalue weighted by Crippen LogP contribution is -2.10. The number of ether oxygens (including phenoxy) is 2. The molecule has 0 aliphatic heterocycles. The maximum atomic E-state index is 5.78. The lowest BCUT2D eigenvalue weighted by molar-refractivity contribution is 0.111. The molecular weight excluding hydrogens is 334 g/mol. The van der Waals surface area contributed by atoms with Crippen molar-refractivity contribution < 1.29 is 9.47 Å². The van der Waals surface area contributed by atoms with Crippen molar-refractivity contribution in [1.29, 1.82) is 0 Å². The number of halogens is 1. The molecule has 0 saturated heterocycles. The molecule has 0 fully saturated rings. The van der Waals surface area contributed by atoms with Gasteiger partial charge in [-0.2, -0.15) is 0 Å². The predicted molar refractivity (Wildman–Crippen MR) is 106 cm³/mol. The molecule has 0 aromatic heterocycles. The molecule has 0 saturated carbocycles. The molecule has 0 unspecified atom stereocenters. The number of benzene rings is 2. The fraction of sp³-hybridized carbons (Fsp3) is 0.381. The first kappa shape index (κ1) is 19.5. The molecule has 0 heterocycles. The fourth-order valence-corrected chi connectivity index (χ4v) is 2.39. The average Bonchev–Trinajstić information content (AvgIpc) is 2.60. The molecule has 0 spiro atoms. The van der Waals surface area contributed by atoms with Gasteiger partial charge in [0.1, 0.15) is 12.4 Å². The quantitative estimate of drug-likeness (QED) is 0.360. The molecule has 4 heteroatoms. The summed E-state index contributed by atoms with van der Waals surface area (Å²) in [5, 5.41) is 0. The molecule has 2 rings (SSSR count). The van der Waals surface area contributed by atoms with Gasteiger partial charge in [-0.15, -0.1) is 11.6 Å². The summed E-state index contributed by atoms with van der Waals surface area (Å²) in [5.74, 6) is 1.30. The summed E-state index contributed by atoms with van der Waals surface area (Å²) in [4.78, 5) is 4.56. The van der Waals surface area contributed by atoms with Crippen LogP contribution in [0.15, 0.2) is 53.5 Å². The summed E-state index contributed by atoms with van der Waals surface area (Å²) >= 11 is 5.57. The van der Waals surface area contributed by atoms with Crippen molar-refractivity contribution >= 4 is 23.5 Å². The lowest BCUT2D eigenvalue weighted by Gasteiger charge is -2.18. The molecule has 0 bridgehead atoms. The summed E-state index contributed by atoms with van der Waals surface area (Å²) in [6, 6.07) is 16.2. The maximum absolute atomic E-state index is 5.78. The first-order valence-corrected chi connectivity index (χ1v) is 9.04. The number of para-hydroxylation sites is 1. The standard InChI is InChI=1S/C21H26ClNO2/c1-21(2,3)18-8-10-19(11-9-18)23-16-17-6-4-5-7-20(17)25-15-14-24-13-12-22/h4-11,16H,12-15H2,1-3H3. The van der Waals surface area contributed by atoms with Gasteiger partial charge < -0.3 is 9.47 Å². The molecule has 2 aromatic rings. The van der Waals surface area contributed by atoms with E-state index in [1.165, 1.54) is 5.56 Å². The Bertz CT molecular complexity index is 675. The number of alkyl halides is 1. The zero-order valence-corrected chi connectivity index (χ0v) is 15.9. The van der Waals surface area contributed by atoms with Crippen molar-refractivity contribution in [3.8, 4) is 5.75 Å². The van der Waals surface area contributed by atoms with Crippen LogP contribution >= 0.6 is 11.6 Å². The highest BCUT2D eigenvalue weighted by Gasteiger charge is 2.12. The van der Waals surface area contributed by atoms with E-state index in [0.29, 0.717) is 25.7 Å². The first-order chi connectivity index (χ1) is 12.0. The van der Waals surface area contributed by atoms with Gasteiger partial charge >= 0.3 is 0 Å². The molecule has 25 heavy (non-hydrogen) atoms. The molecular formula is C21H26ClNO2. The molecule has 0 amide bonds. The van der Waals surface area contributed by atoms with Crippen LogP contribution in [-0.2, 0) is 10.2 Å². The van der Waals surface area contributed by atoms with Gasteiger partial charge in [-0.05, 0) is 35.2 Å². The van der Waals surface area contributed by atoms with Crippen LogP contribution in [0, 0.1) is 0 Å². The summed E-state index contributed by atoms with van der Waals surface area (Å²) in [6.45, 7) is 8.16. The van der Waals surface area contributed by atoms with Gasteiger partial charge in [0.15, 0.2) is 0 Å². The Kier molecular flexibility index (Phi) is 7.48. The monoisotopic (exact) mass is 359 g/mol. The van der Waals surface area contributed by atoms with E-state index in [9.17, 15) is 0 Å². The van der Waals surface area contributed by atoms with E-state index in [4.69, 9.17) is 21.1 Å². The van der Waals surface area contributed by atoms with E-state index in [1.54, 1.807) is 0 Å². The lowest BCUT2D eigenvalue weighted by atomic mass is 9.87. The number of hydrogen-bond donors (Lipinski definition) is 0. The second-order valence-corrected chi connectivity index (χ2v) is 7.12. The van der Waals surface area contributed by atoms with Gasteiger partial charge in [0, 0.05) is 17.7 Å². The molecule has 0 N–H and O–H groups in total. The van der Waals surface area contributed by atoms with Crippen LogP contribution < -0.4 is 4.74 Å². The Labute approximate surface area is 155 Å². The normalized spacial score (nSPS) is 11.8. The summed E-state index contributed by atoms with van der Waals surface area (Å²) in [6.07, 6.45) is 1.83. The topological polar surface area (TPSA) is 30.8 Å². The van der Waals surface area contributed by atoms with Gasteiger partial charge in [-0.3, -0.25) is 4.99 Å². The predicted octanol–water partition coefficient (Wildman–Crippen LogP) is 5.37. The SMILES string of the molecule is CC(C)(C)c1ccc(N=Cc2ccccc2OCCOCCCl)cc1. The maximum Gasteiger partial charge on any atom is 0.128 e. The number of hydrogen-bond acceptors (Lipinski definition) is 3. The highest BCUT2D eigenvalue weighted by molar-refractivity contribution is 6.17. The van der Waals surface area contributed by atoms with E-state index in [0.717, 1.165) is 17.0 Å². The summed E-state index contributed by atoms with van der Waals surface area (Å²) in [7, 11) is 0. The van der Waals surface area contributed by atoms with Crippen LogP contribution in [0.2, 0.25) is 0 Å². The van der Waals surface area contributed by atoms with Gasteiger partial charge in [-0.25, -0.2) is 0 Å². The summed E-state index contributed by atoms with van der Waals surface area (Å²) in [5.41, 5.74) is 3.31. The third-order valence-electron chi connectivity index (χ3n) is 3.71. The molecule has 0 aliphatic rings.